The van der Waals surface area contributed by atoms with E-state index in [9.17, 15) is 0 Å². The molecule has 74 valence electrons. The van der Waals surface area contributed by atoms with E-state index in [2.05, 4.69) is 15.8 Å². The summed E-state index contributed by atoms with van der Waals surface area (Å²) in [5.74, 6) is 0. The summed E-state index contributed by atoms with van der Waals surface area (Å²) in [4.78, 5) is 0. The van der Waals surface area contributed by atoms with Gasteiger partial charge in [-0.15, -0.1) is 0 Å². The maximum Gasteiger partial charge on any atom is 0.186 e. The van der Waals surface area contributed by atoms with Crippen molar-refractivity contribution >= 4 is 23.5 Å². The highest BCUT2D eigenvalue weighted by Gasteiger charge is 1.87. The first-order valence-corrected chi connectivity index (χ1v) is 4.85. The second-order valence-corrected chi connectivity index (χ2v) is 3.05. The van der Waals surface area contributed by atoms with Crippen LogP contribution in [0.15, 0.2) is 35.4 Å². The average Bonchev–Trinajstić information content (AvgIpc) is 2.20. The molecule has 0 radical (unpaired) electrons. The molecule has 0 atom stereocenters. The summed E-state index contributed by atoms with van der Waals surface area (Å²) < 4.78 is 0. The average molecular weight is 207 g/mol. The lowest BCUT2D eigenvalue weighted by atomic mass is 10.2. The third kappa shape index (κ3) is 4.00. The normalized spacial score (nSPS) is 10.1. The summed E-state index contributed by atoms with van der Waals surface area (Å²) in [5.41, 5.74) is 3.76. The van der Waals surface area contributed by atoms with E-state index in [-0.39, 0.29) is 0 Å². The highest BCUT2D eigenvalue weighted by molar-refractivity contribution is 7.80. The molecule has 0 aliphatic heterocycles. The molecule has 0 aromatic heterocycles. The lowest BCUT2D eigenvalue weighted by Gasteiger charge is -2.02. The van der Waals surface area contributed by atoms with Crippen LogP contribution in [0, 0.1) is 0 Å². The Morgan fingerprint density at radius 2 is 2.14 bits per heavy atom. The minimum Gasteiger partial charge on any atom is -0.362 e. The van der Waals surface area contributed by atoms with Crippen LogP contribution in [0.2, 0.25) is 0 Å². The van der Waals surface area contributed by atoms with Gasteiger partial charge >= 0.3 is 0 Å². The Morgan fingerprint density at radius 3 is 2.79 bits per heavy atom. The van der Waals surface area contributed by atoms with Crippen LogP contribution >= 0.6 is 12.2 Å². The molecule has 0 heterocycles. The van der Waals surface area contributed by atoms with E-state index in [0.29, 0.717) is 5.11 Å². The molecule has 0 saturated heterocycles. The van der Waals surface area contributed by atoms with Gasteiger partial charge in [-0.25, -0.2) is 0 Å². The third-order valence-corrected chi connectivity index (χ3v) is 1.75. The van der Waals surface area contributed by atoms with Crippen LogP contribution < -0.4 is 10.7 Å². The zero-order chi connectivity index (χ0) is 10.2. The van der Waals surface area contributed by atoms with Crippen molar-refractivity contribution in [3.05, 3.63) is 35.9 Å². The minimum absolute atomic E-state index is 0.541. The molecule has 0 unspecified atom stereocenters. The molecule has 0 amide bonds. The van der Waals surface area contributed by atoms with Gasteiger partial charge in [0.25, 0.3) is 0 Å². The topological polar surface area (TPSA) is 36.4 Å². The van der Waals surface area contributed by atoms with Gasteiger partial charge < -0.3 is 5.32 Å². The first-order chi connectivity index (χ1) is 6.83. The van der Waals surface area contributed by atoms with Gasteiger partial charge in [0, 0.05) is 6.54 Å². The lowest BCUT2D eigenvalue weighted by Crippen LogP contribution is -2.31. The van der Waals surface area contributed by atoms with Crippen molar-refractivity contribution in [3.8, 4) is 0 Å². The van der Waals surface area contributed by atoms with Gasteiger partial charge in [-0.2, -0.15) is 5.10 Å². The number of thiocarbonyl (C=S) groups is 1. The molecule has 0 aliphatic rings. The molecule has 0 saturated carbocycles. The van der Waals surface area contributed by atoms with Gasteiger partial charge in [0.1, 0.15) is 0 Å². The molecule has 1 rings (SSSR count). The van der Waals surface area contributed by atoms with Gasteiger partial charge in [0.2, 0.25) is 0 Å². The van der Waals surface area contributed by atoms with Crippen molar-refractivity contribution in [2.45, 2.75) is 6.92 Å². The molecule has 4 heteroatoms. The minimum atomic E-state index is 0.541. The Morgan fingerprint density at radius 1 is 1.43 bits per heavy atom. The second-order valence-electron chi connectivity index (χ2n) is 2.64. The largest absolute Gasteiger partial charge is 0.362 e. The van der Waals surface area contributed by atoms with Crippen molar-refractivity contribution in [3.63, 3.8) is 0 Å². The Kier molecular flexibility index (Phi) is 4.64. The van der Waals surface area contributed by atoms with E-state index >= 15 is 0 Å². The fourth-order valence-electron chi connectivity index (χ4n) is 0.905. The number of nitrogens with one attached hydrogen (secondary N) is 2. The third-order valence-electron chi connectivity index (χ3n) is 1.52. The molecule has 1 aromatic carbocycles. The molecule has 0 spiro atoms. The molecule has 0 aliphatic carbocycles. The monoisotopic (exact) mass is 207 g/mol. The predicted octanol–water partition coefficient (Wildman–Crippen LogP) is 1.50. The van der Waals surface area contributed by atoms with Crippen molar-refractivity contribution in [1.29, 1.82) is 0 Å². The zero-order valence-electron chi connectivity index (χ0n) is 8.03. The predicted molar refractivity (Wildman–Crippen MR) is 63.4 cm³/mol. The zero-order valence-corrected chi connectivity index (χ0v) is 8.84. The molecular weight excluding hydrogens is 194 g/mol. The van der Waals surface area contributed by atoms with Crippen LogP contribution in [0.3, 0.4) is 0 Å². The molecule has 2 N–H and O–H groups in total. The fraction of sp³-hybridized carbons (Fsp3) is 0.200. The van der Waals surface area contributed by atoms with Crippen molar-refractivity contribution in [2.75, 3.05) is 6.54 Å². The summed E-state index contributed by atoms with van der Waals surface area (Å²) in [5, 5.41) is 7.46. The standard InChI is InChI=1S/C10H13N3S/c1-2-11-10(14)13-12-8-9-6-4-3-5-7-9/h3-8H,2H2,1H3,(H2,11,13,14). The van der Waals surface area contributed by atoms with Gasteiger partial charge in [-0.3, -0.25) is 5.43 Å². The van der Waals surface area contributed by atoms with Crippen molar-refractivity contribution in [1.82, 2.24) is 10.7 Å². The van der Waals surface area contributed by atoms with Gasteiger partial charge in [-0.1, -0.05) is 30.3 Å². The Hall–Kier alpha value is -1.42. The summed E-state index contributed by atoms with van der Waals surface area (Å²) in [7, 11) is 0. The van der Waals surface area contributed by atoms with E-state index in [1.165, 1.54) is 0 Å². The molecule has 0 bridgehead atoms. The van der Waals surface area contributed by atoms with Gasteiger partial charge in [0.15, 0.2) is 5.11 Å². The number of hydrogen-bond acceptors (Lipinski definition) is 2. The Balaban J connectivity index is 2.38. The maximum atomic E-state index is 4.93. The highest BCUT2D eigenvalue weighted by Crippen LogP contribution is 1.92. The number of benzene rings is 1. The fourth-order valence-corrected chi connectivity index (χ4v) is 1.10. The second kappa shape index (κ2) is 6.10. The SMILES string of the molecule is CCNC(=S)NN=Cc1ccccc1. The molecular formula is C10H13N3S. The van der Waals surface area contributed by atoms with E-state index in [0.717, 1.165) is 12.1 Å². The smallest absolute Gasteiger partial charge is 0.186 e. The van der Waals surface area contributed by atoms with Crippen LogP contribution in [0.25, 0.3) is 0 Å². The first kappa shape index (κ1) is 10.7. The molecule has 3 nitrogen and oxygen atoms in total. The number of rotatable bonds is 3. The Bertz CT molecular complexity index is 308. The van der Waals surface area contributed by atoms with Crippen LogP contribution in [0.4, 0.5) is 0 Å². The quantitative estimate of drug-likeness (QED) is 0.448. The number of hydrazone groups is 1. The summed E-state index contributed by atoms with van der Waals surface area (Å²) in [6.45, 7) is 2.78. The van der Waals surface area contributed by atoms with Crippen molar-refractivity contribution < 1.29 is 0 Å². The van der Waals surface area contributed by atoms with Crippen molar-refractivity contribution in [2.24, 2.45) is 5.10 Å². The molecule has 1 aromatic rings. The van der Waals surface area contributed by atoms with E-state index in [1.54, 1.807) is 6.21 Å². The summed E-state index contributed by atoms with van der Waals surface area (Å²) in [6, 6.07) is 9.84. The van der Waals surface area contributed by atoms with Crippen LogP contribution in [-0.4, -0.2) is 17.9 Å². The maximum absolute atomic E-state index is 4.93. The van der Waals surface area contributed by atoms with E-state index < -0.39 is 0 Å². The number of nitrogens with zero attached hydrogens (tertiary/aromatic N) is 1. The lowest BCUT2D eigenvalue weighted by molar-refractivity contribution is 0.904. The highest BCUT2D eigenvalue weighted by atomic mass is 32.1. The summed E-state index contributed by atoms with van der Waals surface area (Å²) >= 11 is 4.93. The van der Waals surface area contributed by atoms with E-state index in [4.69, 9.17) is 12.2 Å². The first-order valence-electron chi connectivity index (χ1n) is 4.45. The van der Waals surface area contributed by atoms with Crippen LogP contribution in [0.1, 0.15) is 12.5 Å². The van der Waals surface area contributed by atoms with E-state index in [1.807, 2.05) is 37.3 Å². The van der Waals surface area contributed by atoms with Crippen LogP contribution in [0.5, 0.6) is 0 Å². The van der Waals surface area contributed by atoms with Gasteiger partial charge in [0.05, 0.1) is 6.21 Å². The summed E-state index contributed by atoms with van der Waals surface area (Å²) in [6.07, 6.45) is 1.73. The number of hydrogen-bond donors (Lipinski definition) is 2. The van der Waals surface area contributed by atoms with Gasteiger partial charge in [-0.05, 0) is 24.7 Å². The van der Waals surface area contributed by atoms with Crippen LogP contribution in [-0.2, 0) is 0 Å². The Labute approximate surface area is 89.2 Å². The molecule has 14 heavy (non-hydrogen) atoms. The molecule has 0 fully saturated rings.